The van der Waals surface area contributed by atoms with Crippen LogP contribution < -0.4 is 5.32 Å². The first kappa shape index (κ1) is 14.5. The van der Waals surface area contributed by atoms with Gasteiger partial charge in [-0.15, -0.1) is 0 Å². The summed E-state index contributed by atoms with van der Waals surface area (Å²) < 4.78 is 0. The van der Waals surface area contributed by atoms with E-state index in [2.05, 4.69) is 38.2 Å². The first-order chi connectivity index (χ1) is 8.42. The van der Waals surface area contributed by atoms with E-state index in [1.807, 2.05) is 12.1 Å². The summed E-state index contributed by atoms with van der Waals surface area (Å²) in [7, 11) is 0. The van der Waals surface area contributed by atoms with Crippen LogP contribution in [0.5, 0.6) is 0 Å². The smallest absolute Gasteiger partial charge is 0.251 e. The van der Waals surface area contributed by atoms with Crippen LogP contribution in [0.25, 0.3) is 6.08 Å². The molecule has 0 aliphatic rings. The van der Waals surface area contributed by atoms with Crippen LogP contribution in [0.3, 0.4) is 0 Å². The van der Waals surface area contributed by atoms with Gasteiger partial charge in [-0.25, -0.2) is 0 Å². The monoisotopic (exact) mass is 247 g/mol. The van der Waals surface area contributed by atoms with Crippen LogP contribution in [0.1, 0.15) is 36.7 Å². The Morgan fingerprint density at radius 1 is 1.28 bits per heavy atom. The number of aliphatic hydroxyl groups is 1. The predicted octanol–water partition coefficient (Wildman–Crippen LogP) is 2.47. The molecule has 1 rings (SSSR count). The molecular formula is C15H21NO2. The van der Waals surface area contributed by atoms with E-state index in [9.17, 15) is 4.79 Å². The molecule has 0 heterocycles. The number of amides is 1. The van der Waals surface area contributed by atoms with Crippen LogP contribution in [0.4, 0.5) is 0 Å². The third-order valence-corrected chi connectivity index (χ3v) is 2.35. The van der Waals surface area contributed by atoms with Crippen molar-refractivity contribution in [3.05, 3.63) is 41.5 Å². The van der Waals surface area contributed by atoms with Crippen LogP contribution in [-0.2, 0) is 0 Å². The average molecular weight is 247 g/mol. The lowest BCUT2D eigenvalue weighted by Crippen LogP contribution is -2.26. The third-order valence-electron chi connectivity index (χ3n) is 2.35. The van der Waals surface area contributed by atoms with Crippen LogP contribution in [-0.4, -0.2) is 24.2 Å². The minimum atomic E-state index is -0.157. The van der Waals surface area contributed by atoms with Crippen LogP contribution in [0, 0.1) is 5.41 Å². The quantitative estimate of drug-likeness (QED) is 0.858. The van der Waals surface area contributed by atoms with E-state index in [0.29, 0.717) is 5.56 Å². The highest BCUT2D eigenvalue weighted by Gasteiger charge is 2.05. The normalized spacial score (nSPS) is 11.8. The summed E-state index contributed by atoms with van der Waals surface area (Å²) in [6.07, 6.45) is 4.18. The van der Waals surface area contributed by atoms with Crippen molar-refractivity contribution >= 4 is 12.0 Å². The molecule has 3 nitrogen and oxygen atoms in total. The minimum absolute atomic E-state index is 0.0435. The summed E-state index contributed by atoms with van der Waals surface area (Å²) in [6, 6.07) is 7.40. The molecular weight excluding hydrogens is 226 g/mol. The maximum absolute atomic E-state index is 11.6. The highest BCUT2D eigenvalue weighted by Crippen LogP contribution is 2.17. The zero-order valence-electron chi connectivity index (χ0n) is 11.2. The molecule has 0 aliphatic carbocycles. The number of hydrogen-bond donors (Lipinski definition) is 2. The Balaban J connectivity index is 2.68. The summed E-state index contributed by atoms with van der Waals surface area (Å²) in [5.41, 5.74) is 1.83. The average Bonchev–Trinajstić information content (AvgIpc) is 2.33. The number of rotatable bonds is 4. The van der Waals surface area contributed by atoms with Crippen molar-refractivity contribution < 1.29 is 9.90 Å². The van der Waals surface area contributed by atoms with Gasteiger partial charge in [-0.1, -0.05) is 45.1 Å². The van der Waals surface area contributed by atoms with E-state index in [1.165, 1.54) is 0 Å². The Morgan fingerprint density at radius 2 is 1.89 bits per heavy atom. The molecule has 0 aromatic heterocycles. The number of carbonyl (C=O) groups is 1. The van der Waals surface area contributed by atoms with Crippen molar-refractivity contribution in [2.75, 3.05) is 13.2 Å². The van der Waals surface area contributed by atoms with Crippen molar-refractivity contribution in [1.82, 2.24) is 5.32 Å². The summed E-state index contributed by atoms with van der Waals surface area (Å²) in [5.74, 6) is -0.157. The van der Waals surface area contributed by atoms with Gasteiger partial charge in [0.05, 0.1) is 6.61 Å². The van der Waals surface area contributed by atoms with Crippen molar-refractivity contribution in [3.8, 4) is 0 Å². The van der Waals surface area contributed by atoms with Crippen LogP contribution in [0.15, 0.2) is 30.3 Å². The first-order valence-corrected chi connectivity index (χ1v) is 6.11. The molecule has 1 aromatic carbocycles. The standard InChI is InChI=1S/C15H21NO2/c1-15(2,3)9-8-12-4-6-13(7-5-12)14(18)16-10-11-17/h4-9,17H,10-11H2,1-3H3,(H,16,18)/b9-8+. The summed E-state index contributed by atoms with van der Waals surface area (Å²) >= 11 is 0. The zero-order chi connectivity index (χ0) is 13.6. The largest absolute Gasteiger partial charge is 0.395 e. The van der Waals surface area contributed by atoms with E-state index in [4.69, 9.17) is 5.11 Å². The van der Waals surface area contributed by atoms with Gasteiger partial charge < -0.3 is 10.4 Å². The molecule has 0 bridgehead atoms. The lowest BCUT2D eigenvalue weighted by Gasteiger charge is -2.11. The van der Waals surface area contributed by atoms with Crippen molar-refractivity contribution in [2.45, 2.75) is 20.8 Å². The molecule has 0 aliphatic heterocycles. The number of allylic oxidation sites excluding steroid dienone is 1. The second-order valence-electron chi connectivity index (χ2n) is 5.30. The van der Waals surface area contributed by atoms with E-state index < -0.39 is 0 Å². The molecule has 0 atom stereocenters. The molecule has 0 saturated heterocycles. The number of nitrogens with one attached hydrogen (secondary N) is 1. The Labute approximate surface area is 109 Å². The van der Waals surface area contributed by atoms with Crippen molar-refractivity contribution in [3.63, 3.8) is 0 Å². The van der Waals surface area contributed by atoms with Gasteiger partial charge in [0.2, 0.25) is 0 Å². The number of aliphatic hydroxyl groups excluding tert-OH is 1. The van der Waals surface area contributed by atoms with Gasteiger partial charge in [-0.3, -0.25) is 4.79 Å². The SMILES string of the molecule is CC(C)(C)/C=C/c1ccc(C(=O)NCCO)cc1. The second kappa shape index (κ2) is 6.36. The number of benzene rings is 1. The molecule has 0 spiro atoms. The van der Waals surface area contributed by atoms with Crippen molar-refractivity contribution in [1.29, 1.82) is 0 Å². The molecule has 1 aromatic rings. The van der Waals surface area contributed by atoms with E-state index in [0.717, 1.165) is 5.56 Å². The molecule has 2 N–H and O–H groups in total. The molecule has 18 heavy (non-hydrogen) atoms. The maximum Gasteiger partial charge on any atom is 0.251 e. The van der Waals surface area contributed by atoms with Gasteiger partial charge in [-0.2, -0.15) is 0 Å². The van der Waals surface area contributed by atoms with Gasteiger partial charge in [-0.05, 0) is 23.1 Å². The fraction of sp³-hybridized carbons (Fsp3) is 0.400. The molecule has 3 heteroatoms. The Morgan fingerprint density at radius 3 is 2.39 bits per heavy atom. The second-order valence-corrected chi connectivity index (χ2v) is 5.30. The highest BCUT2D eigenvalue weighted by atomic mass is 16.3. The fourth-order valence-corrected chi connectivity index (χ4v) is 1.36. The van der Waals surface area contributed by atoms with Gasteiger partial charge in [0.25, 0.3) is 5.91 Å². The number of carbonyl (C=O) groups excluding carboxylic acids is 1. The van der Waals surface area contributed by atoms with E-state index in [-0.39, 0.29) is 24.5 Å². The maximum atomic E-state index is 11.6. The Hall–Kier alpha value is -1.61. The summed E-state index contributed by atoms with van der Waals surface area (Å²) in [4.78, 5) is 11.6. The van der Waals surface area contributed by atoms with Gasteiger partial charge in [0.15, 0.2) is 0 Å². The highest BCUT2D eigenvalue weighted by molar-refractivity contribution is 5.94. The third kappa shape index (κ3) is 5.15. The molecule has 0 radical (unpaired) electrons. The molecule has 0 fully saturated rings. The van der Waals surface area contributed by atoms with Crippen molar-refractivity contribution in [2.24, 2.45) is 5.41 Å². The fourth-order valence-electron chi connectivity index (χ4n) is 1.36. The van der Waals surface area contributed by atoms with Gasteiger partial charge in [0.1, 0.15) is 0 Å². The Kier molecular flexibility index (Phi) is 5.10. The Bertz CT molecular complexity index is 413. The minimum Gasteiger partial charge on any atom is -0.395 e. The van der Waals surface area contributed by atoms with Gasteiger partial charge >= 0.3 is 0 Å². The first-order valence-electron chi connectivity index (χ1n) is 6.11. The predicted molar refractivity (Wildman–Crippen MR) is 74.4 cm³/mol. The number of hydrogen-bond acceptors (Lipinski definition) is 2. The summed E-state index contributed by atoms with van der Waals surface area (Å²) in [5, 5.41) is 11.2. The zero-order valence-corrected chi connectivity index (χ0v) is 11.2. The lowest BCUT2D eigenvalue weighted by atomic mass is 9.95. The van der Waals surface area contributed by atoms with Gasteiger partial charge in [0, 0.05) is 12.1 Å². The van der Waals surface area contributed by atoms with Crippen LogP contribution in [0.2, 0.25) is 0 Å². The van der Waals surface area contributed by atoms with Crippen LogP contribution >= 0.6 is 0 Å². The molecule has 98 valence electrons. The lowest BCUT2D eigenvalue weighted by molar-refractivity contribution is 0.0945. The van der Waals surface area contributed by atoms with E-state index >= 15 is 0 Å². The topological polar surface area (TPSA) is 49.3 Å². The molecule has 0 unspecified atom stereocenters. The molecule has 1 amide bonds. The van der Waals surface area contributed by atoms with E-state index in [1.54, 1.807) is 12.1 Å². The molecule has 0 saturated carbocycles. The summed E-state index contributed by atoms with van der Waals surface area (Å²) in [6.45, 7) is 6.66.